The Morgan fingerprint density at radius 1 is 0.829 bits per heavy atom. The molecule has 0 radical (unpaired) electrons. The van der Waals surface area contributed by atoms with Crippen LogP contribution in [0.3, 0.4) is 0 Å². The standard InChI is InChI=1S/C29H33NO5/c1-28(2,3)34-24-17-11-20(12-18-24)19-25(26(31)32)30-27(33)35-29(4,5)23-15-13-22(14-16-23)21-9-7-6-8-10-21/h6-18,25H,19H2,1-5H3,(H,30,33)(H,31,32)/t25-/m0/s1. The molecule has 6 nitrogen and oxygen atoms in total. The lowest BCUT2D eigenvalue weighted by molar-refractivity contribution is -0.139. The van der Waals surface area contributed by atoms with Crippen molar-refractivity contribution in [2.75, 3.05) is 0 Å². The molecular formula is C29H33NO5. The van der Waals surface area contributed by atoms with Gasteiger partial charge in [-0.3, -0.25) is 0 Å². The van der Waals surface area contributed by atoms with Gasteiger partial charge in [-0.25, -0.2) is 9.59 Å². The number of hydrogen-bond acceptors (Lipinski definition) is 4. The molecule has 2 N–H and O–H groups in total. The van der Waals surface area contributed by atoms with E-state index in [1.807, 2.05) is 75.4 Å². The molecule has 6 heteroatoms. The molecule has 0 fully saturated rings. The van der Waals surface area contributed by atoms with Gasteiger partial charge in [-0.1, -0.05) is 66.7 Å². The first-order valence-electron chi connectivity index (χ1n) is 11.6. The smallest absolute Gasteiger partial charge is 0.408 e. The van der Waals surface area contributed by atoms with Crippen LogP contribution in [0.15, 0.2) is 78.9 Å². The van der Waals surface area contributed by atoms with E-state index in [1.54, 1.807) is 38.1 Å². The van der Waals surface area contributed by atoms with Gasteiger partial charge in [0, 0.05) is 6.42 Å². The number of benzene rings is 3. The van der Waals surface area contributed by atoms with Crippen molar-refractivity contribution < 1.29 is 24.2 Å². The molecule has 0 spiro atoms. The van der Waals surface area contributed by atoms with Crippen molar-refractivity contribution in [1.82, 2.24) is 5.32 Å². The zero-order valence-electron chi connectivity index (χ0n) is 20.9. The van der Waals surface area contributed by atoms with E-state index in [4.69, 9.17) is 9.47 Å². The van der Waals surface area contributed by atoms with Crippen LogP contribution < -0.4 is 10.1 Å². The summed E-state index contributed by atoms with van der Waals surface area (Å²) in [6.45, 7) is 9.41. The van der Waals surface area contributed by atoms with Crippen LogP contribution in [0.1, 0.15) is 45.7 Å². The Morgan fingerprint density at radius 3 is 1.94 bits per heavy atom. The minimum Gasteiger partial charge on any atom is -0.488 e. The summed E-state index contributed by atoms with van der Waals surface area (Å²) >= 11 is 0. The number of ether oxygens (including phenoxy) is 2. The van der Waals surface area contributed by atoms with E-state index in [9.17, 15) is 14.7 Å². The summed E-state index contributed by atoms with van der Waals surface area (Å²) in [6, 6.07) is 23.8. The summed E-state index contributed by atoms with van der Waals surface area (Å²) in [5.74, 6) is -0.442. The highest BCUT2D eigenvalue weighted by Gasteiger charge is 2.28. The van der Waals surface area contributed by atoms with Crippen LogP contribution >= 0.6 is 0 Å². The van der Waals surface area contributed by atoms with Crippen LogP contribution in [0.2, 0.25) is 0 Å². The molecule has 0 bridgehead atoms. The van der Waals surface area contributed by atoms with Crippen LogP contribution in [-0.2, 0) is 21.6 Å². The van der Waals surface area contributed by atoms with Gasteiger partial charge >= 0.3 is 12.1 Å². The molecule has 0 saturated carbocycles. The summed E-state index contributed by atoms with van der Waals surface area (Å²) in [4.78, 5) is 24.4. The lowest BCUT2D eigenvalue weighted by Gasteiger charge is -2.27. The molecular weight excluding hydrogens is 442 g/mol. The summed E-state index contributed by atoms with van der Waals surface area (Å²) in [5, 5.41) is 12.1. The van der Waals surface area contributed by atoms with E-state index < -0.39 is 23.7 Å². The van der Waals surface area contributed by atoms with E-state index in [0.29, 0.717) is 5.75 Å². The Kier molecular flexibility index (Phi) is 7.85. The third-order valence-corrected chi connectivity index (χ3v) is 5.41. The molecule has 1 atom stereocenters. The second-order valence-corrected chi connectivity index (χ2v) is 9.94. The molecule has 0 saturated heterocycles. The molecule has 0 unspecified atom stereocenters. The number of aliphatic carboxylic acids is 1. The third-order valence-electron chi connectivity index (χ3n) is 5.41. The van der Waals surface area contributed by atoms with Gasteiger partial charge in [0.25, 0.3) is 0 Å². The monoisotopic (exact) mass is 475 g/mol. The highest BCUT2D eigenvalue weighted by Crippen LogP contribution is 2.28. The number of carbonyl (C=O) groups is 2. The first-order valence-corrected chi connectivity index (χ1v) is 11.6. The fraction of sp³-hybridized carbons (Fsp3) is 0.310. The fourth-order valence-corrected chi connectivity index (χ4v) is 3.64. The maximum absolute atomic E-state index is 12.6. The Balaban J connectivity index is 1.62. The first kappa shape index (κ1) is 25.8. The third kappa shape index (κ3) is 7.60. The van der Waals surface area contributed by atoms with Gasteiger partial charge in [-0.05, 0) is 69.0 Å². The van der Waals surface area contributed by atoms with E-state index in [0.717, 1.165) is 22.3 Å². The van der Waals surface area contributed by atoms with Crippen LogP contribution in [-0.4, -0.2) is 28.8 Å². The number of nitrogens with one attached hydrogen (secondary N) is 1. The average molecular weight is 476 g/mol. The SMILES string of the molecule is CC(C)(C)Oc1ccc(C[C@H](NC(=O)OC(C)(C)c2ccc(-c3ccccc3)cc2)C(=O)O)cc1. The van der Waals surface area contributed by atoms with Gasteiger partial charge in [0.05, 0.1) is 0 Å². The number of carboxylic acid groups (broad SMARTS) is 1. The van der Waals surface area contributed by atoms with Crippen LogP contribution in [0, 0.1) is 0 Å². The van der Waals surface area contributed by atoms with Crippen molar-refractivity contribution in [3.63, 3.8) is 0 Å². The van der Waals surface area contributed by atoms with Crippen molar-refractivity contribution in [2.45, 2.75) is 58.3 Å². The van der Waals surface area contributed by atoms with Gasteiger partial charge in [-0.2, -0.15) is 0 Å². The van der Waals surface area contributed by atoms with Crippen molar-refractivity contribution in [2.24, 2.45) is 0 Å². The zero-order valence-corrected chi connectivity index (χ0v) is 20.9. The number of alkyl carbamates (subject to hydrolysis) is 1. The van der Waals surface area contributed by atoms with Gasteiger partial charge in [-0.15, -0.1) is 0 Å². The van der Waals surface area contributed by atoms with Crippen LogP contribution in [0.25, 0.3) is 11.1 Å². The van der Waals surface area contributed by atoms with Crippen molar-refractivity contribution in [3.8, 4) is 16.9 Å². The van der Waals surface area contributed by atoms with Gasteiger partial charge in [0.2, 0.25) is 0 Å². The predicted molar refractivity (Wildman–Crippen MR) is 136 cm³/mol. The molecule has 3 aromatic rings. The minimum absolute atomic E-state index is 0.117. The van der Waals surface area contributed by atoms with Gasteiger partial charge in [0.1, 0.15) is 23.0 Å². The van der Waals surface area contributed by atoms with Crippen molar-refractivity contribution >= 4 is 12.1 Å². The first-order chi connectivity index (χ1) is 16.4. The van der Waals surface area contributed by atoms with E-state index >= 15 is 0 Å². The quantitative estimate of drug-likeness (QED) is 0.406. The average Bonchev–Trinajstić information content (AvgIpc) is 2.79. The number of amides is 1. The highest BCUT2D eigenvalue weighted by molar-refractivity contribution is 5.80. The largest absolute Gasteiger partial charge is 0.488 e. The second kappa shape index (κ2) is 10.6. The molecule has 0 aliphatic heterocycles. The molecule has 0 aromatic heterocycles. The summed E-state index contributed by atoms with van der Waals surface area (Å²) in [5.41, 5.74) is 2.43. The fourth-order valence-electron chi connectivity index (χ4n) is 3.64. The van der Waals surface area contributed by atoms with Crippen molar-refractivity contribution in [1.29, 1.82) is 0 Å². The van der Waals surface area contributed by atoms with Crippen LogP contribution in [0.4, 0.5) is 4.79 Å². The van der Waals surface area contributed by atoms with Crippen molar-refractivity contribution in [3.05, 3.63) is 90.0 Å². The molecule has 3 aromatic carbocycles. The predicted octanol–water partition coefficient (Wildman–Crippen LogP) is 6.19. The van der Waals surface area contributed by atoms with Gasteiger partial charge in [0.15, 0.2) is 0 Å². The lowest BCUT2D eigenvalue weighted by Crippen LogP contribution is -2.44. The molecule has 1 amide bonds. The second-order valence-electron chi connectivity index (χ2n) is 9.94. The minimum atomic E-state index is -1.14. The van der Waals surface area contributed by atoms with E-state index in [-0.39, 0.29) is 12.0 Å². The molecule has 0 heterocycles. The number of carboxylic acids is 1. The number of carbonyl (C=O) groups excluding carboxylic acids is 1. The number of rotatable bonds is 8. The summed E-state index contributed by atoms with van der Waals surface area (Å²) in [6.07, 6.45) is -0.672. The molecule has 0 aliphatic rings. The van der Waals surface area contributed by atoms with E-state index in [2.05, 4.69) is 5.32 Å². The Hall–Kier alpha value is -3.80. The zero-order chi connectivity index (χ0) is 25.6. The Labute approximate surface area is 206 Å². The summed E-state index contributed by atoms with van der Waals surface area (Å²) < 4.78 is 11.4. The normalized spacial score (nSPS) is 12.5. The number of hydrogen-bond donors (Lipinski definition) is 2. The Bertz CT molecular complexity index is 1130. The maximum atomic E-state index is 12.6. The van der Waals surface area contributed by atoms with Crippen LogP contribution in [0.5, 0.6) is 5.75 Å². The molecule has 3 rings (SSSR count). The summed E-state index contributed by atoms with van der Waals surface area (Å²) in [7, 11) is 0. The molecule has 184 valence electrons. The lowest BCUT2D eigenvalue weighted by atomic mass is 9.95. The topological polar surface area (TPSA) is 84.9 Å². The maximum Gasteiger partial charge on any atom is 0.408 e. The molecule has 0 aliphatic carbocycles. The van der Waals surface area contributed by atoms with Gasteiger partial charge < -0.3 is 19.9 Å². The molecule has 35 heavy (non-hydrogen) atoms. The Morgan fingerprint density at radius 2 is 1.40 bits per heavy atom. The highest BCUT2D eigenvalue weighted by atomic mass is 16.6. The van der Waals surface area contributed by atoms with E-state index in [1.165, 1.54) is 0 Å².